The quantitative estimate of drug-likeness (QED) is 0.709. The van der Waals surface area contributed by atoms with Gasteiger partial charge in [0.25, 0.3) is 0 Å². The van der Waals surface area contributed by atoms with Crippen molar-refractivity contribution in [3.8, 4) is 5.75 Å². The highest BCUT2D eigenvalue weighted by Crippen LogP contribution is 2.26. The average molecular weight is 347 g/mol. The summed E-state index contributed by atoms with van der Waals surface area (Å²) < 4.78 is 5.24. The van der Waals surface area contributed by atoms with Crippen molar-refractivity contribution in [2.24, 2.45) is 11.8 Å². The zero-order chi connectivity index (χ0) is 18.1. The fourth-order valence-corrected chi connectivity index (χ4v) is 3.69. The normalized spacial score (nSPS) is 17.7. The molecule has 2 N–H and O–H groups in total. The van der Waals surface area contributed by atoms with Crippen LogP contribution in [0.5, 0.6) is 5.75 Å². The third kappa shape index (κ3) is 6.35. The summed E-state index contributed by atoms with van der Waals surface area (Å²) in [5.41, 5.74) is 1.16. The number of carbonyl (C=O) groups excluding carboxylic acids is 1. The van der Waals surface area contributed by atoms with Gasteiger partial charge < -0.3 is 15.4 Å². The summed E-state index contributed by atoms with van der Waals surface area (Å²) in [6, 6.07) is 8.17. The standard InChI is InChI=1S/C21H34N2O2/c1-4-5-6-20(18-7-9-19(25-3)10-8-18)23-21(24)15-16(2)17-11-13-22-14-12-17/h7-10,16-17,20,22H,4-6,11-15H2,1-3H3,(H,23,24). The Bertz CT molecular complexity index is 509. The van der Waals surface area contributed by atoms with E-state index in [0.29, 0.717) is 18.3 Å². The summed E-state index contributed by atoms with van der Waals surface area (Å²) in [5, 5.41) is 6.68. The Morgan fingerprint density at radius 3 is 2.56 bits per heavy atom. The van der Waals surface area contributed by atoms with Crippen LogP contribution in [0.1, 0.15) is 64.0 Å². The van der Waals surface area contributed by atoms with Crippen LogP contribution in [0, 0.1) is 11.8 Å². The molecule has 140 valence electrons. The van der Waals surface area contributed by atoms with Crippen LogP contribution in [0.2, 0.25) is 0 Å². The van der Waals surface area contributed by atoms with Crippen molar-refractivity contribution in [1.29, 1.82) is 0 Å². The van der Waals surface area contributed by atoms with Gasteiger partial charge in [0.15, 0.2) is 0 Å². The first-order chi connectivity index (χ1) is 12.1. The number of methoxy groups -OCH3 is 1. The minimum atomic E-state index is 0.0959. The van der Waals surface area contributed by atoms with Crippen molar-refractivity contribution in [3.63, 3.8) is 0 Å². The van der Waals surface area contributed by atoms with Crippen LogP contribution in [0.25, 0.3) is 0 Å². The van der Waals surface area contributed by atoms with E-state index in [1.54, 1.807) is 7.11 Å². The number of piperidine rings is 1. The fourth-order valence-electron chi connectivity index (χ4n) is 3.69. The molecule has 0 bridgehead atoms. The van der Waals surface area contributed by atoms with Crippen LogP contribution in [-0.4, -0.2) is 26.1 Å². The lowest BCUT2D eigenvalue weighted by atomic mass is 9.84. The van der Waals surface area contributed by atoms with Gasteiger partial charge >= 0.3 is 0 Å². The second kappa shape index (κ2) is 10.4. The van der Waals surface area contributed by atoms with Gasteiger partial charge in [-0.3, -0.25) is 4.79 Å². The first kappa shape index (κ1) is 19.8. The number of carbonyl (C=O) groups is 1. The molecule has 1 aliphatic heterocycles. The van der Waals surface area contributed by atoms with Crippen LogP contribution in [0.4, 0.5) is 0 Å². The molecule has 2 unspecified atom stereocenters. The molecular formula is C21H34N2O2. The first-order valence-corrected chi connectivity index (χ1v) is 9.78. The number of amides is 1. The van der Waals surface area contributed by atoms with Gasteiger partial charge in [-0.15, -0.1) is 0 Å². The molecule has 4 nitrogen and oxygen atoms in total. The summed E-state index contributed by atoms with van der Waals surface area (Å²) in [6.07, 6.45) is 6.23. The van der Waals surface area contributed by atoms with Crippen molar-refractivity contribution in [2.75, 3.05) is 20.2 Å². The van der Waals surface area contributed by atoms with Gasteiger partial charge in [0.2, 0.25) is 5.91 Å². The van der Waals surface area contributed by atoms with Crippen molar-refractivity contribution < 1.29 is 9.53 Å². The summed E-state index contributed by atoms with van der Waals surface area (Å²) in [5.74, 6) is 2.15. The Balaban J connectivity index is 1.93. The minimum Gasteiger partial charge on any atom is -0.497 e. The second-order valence-electron chi connectivity index (χ2n) is 7.30. The Hall–Kier alpha value is -1.55. The van der Waals surface area contributed by atoms with Gasteiger partial charge in [-0.25, -0.2) is 0 Å². The van der Waals surface area contributed by atoms with Gasteiger partial charge in [-0.1, -0.05) is 38.8 Å². The van der Waals surface area contributed by atoms with E-state index in [2.05, 4.69) is 36.6 Å². The third-order valence-corrected chi connectivity index (χ3v) is 5.40. The van der Waals surface area contributed by atoms with Gasteiger partial charge in [0.05, 0.1) is 13.2 Å². The summed E-state index contributed by atoms with van der Waals surface area (Å²) >= 11 is 0. The zero-order valence-corrected chi connectivity index (χ0v) is 16.0. The third-order valence-electron chi connectivity index (χ3n) is 5.40. The lowest BCUT2D eigenvalue weighted by Crippen LogP contribution is -2.34. The van der Waals surface area contributed by atoms with E-state index < -0.39 is 0 Å². The number of benzene rings is 1. The molecular weight excluding hydrogens is 312 g/mol. The number of nitrogens with one attached hydrogen (secondary N) is 2. The lowest BCUT2D eigenvalue weighted by Gasteiger charge is -2.28. The van der Waals surface area contributed by atoms with Gasteiger partial charge in [0.1, 0.15) is 5.75 Å². The number of hydrogen-bond acceptors (Lipinski definition) is 3. The maximum absolute atomic E-state index is 12.6. The molecule has 1 aliphatic rings. The van der Waals surface area contributed by atoms with Crippen molar-refractivity contribution in [3.05, 3.63) is 29.8 Å². The average Bonchev–Trinajstić information content (AvgIpc) is 2.66. The predicted octanol–water partition coefficient (Wildman–Crippen LogP) is 4.07. The molecule has 1 amide bonds. The molecule has 1 fully saturated rings. The smallest absolute Gasteiger partial charge is 0.220 e. The largest absolute Gasteiger partial charge is 0.497 e. The Labute approximate surface area is 152 Å². The molecule has 1 saturated heterocycles. The van der Waals surface area contributed by atoms with Gasteiger partial charge in [-0.2, -0.15) is 0 Å². The number of hydrogen-bond donors (Lipinski definition) is 2. The first-order valence-electron chi connectivity index (χ1n) is 9.78. The highest BCUT2D eigenvalue weighted by molar-refractivity contribution is 5.76. The molecule has 0 saturated carbocycles. The molecule has 2 rings (SSSR count). The number of rotatable bonds is 9. The Morgan fingerprint density at radius 2 is 1.96 bits per heavy atom. The Kier molecular flexibility index (Phi) is 8.26. The van der Waals surface area contributed by atoms with E-state index in [1.807, 2.05) is 12.1 Å². The monoisotopic (exact) mass is 346 g/mol. The fraction of sp³-hybridized carbons (Fsp3) is 0.667. The summed E-state index contributed by atoms with van der Waals surface area (Å²) in [4.78, 5) is 12.6. The van der Waals surface area contributed by atoms with Crippen LogP contribution in [0.3, 0.4) is 0 Å². The molecule has 4 heteroatoms. The van der Waals surface area contributed by atoms with E-state index in [1.165, 1.54) is 12.8 Å². The Morgan fingerprint density at radius 1 is 1.28 bits per heavy atom. The molecule has 0 radical (unpaired) electrons. The molecule has 0 spiro atoms. The van der Waals surface area contributed by atoms with Crippen molar-refractivity contribution in [2.45, 2.75) is 58.4 Å². The summed E-state index contributed by atoms with van der Waals surface area (Å²) in [6.45, 7) is 6.58. The topological polar surface area (TPSA) is 50.4 Å². The number of unbranched alkanes of at least 4 members (excludes halogenated alkanes) is 1. The van der Waals surface area contributed by atoms with Crippen molar-refractivity contribution in [1.82, 2.24) is 10.6 Å². The molecule has 0 aromatic heterocycles. The molecule has 1 aromatic carbocycles. The highest BCUT2D eigenvalue weighted by Gasteiger charge is 2.23. The van der Waals surface area contributed by atoms with Gasteiger partial charge in [-0.05, 0) is 61.9 Å². The predicted molar refractivity (Wildman–Crippen MR) is 103 cm³/mol. The van der Waals surface area contributed by atoms with Crippen LogP contribution in [0.15, 0.2) is 24.3 Å². The van der Waals surface area contributed by atoms with Crippen LogP contribution >= 0.6 is 0 Å². The molecule has 1 aromatic rings. The van der Waals surface area contributed by atoms with Crippen LogP contribution < -0.4 is 15.4 Å². The van der Waals surface area contributed by atoms with E-state index in [-0.39, 0.29) is 11.9 Å². The molecule has 25 heavy (non-hydrogen) atoms. The zero-order valence-electron chi connectivity index (χ0n) is 16.0. The maximum Gasteiger partial charge on any atom is 0.220 e. The SMILES string of the molecule is CCCCC(NC(=O)CC(C)C1CCNCC1)c1ccc(OC)cc1. The molecule has 1 heterocycles. The van der Waals surface area contributed by atoms with E-state index >= 15 is 0 Å². The van der Waals surface area contributed by atoms with Crippen molar-refractivity contribution >= 4 is 5.91 Å². The van der Waals surface area contributed by atoms with Crippen LogP contribution in [-0.2, 0) is 4.79 Å². The number of ether oxygens (including phenoxy) is 1. The molecule has 0 aliphatic carbocycles. The van der Waals surface area contributed by atoms with E-state index in [4.69, 9.17) is 4.74 Å². The lowest BCUT2D eigenvalue weighted by molar-refractivity contribution is -0.123. The highest BCUT2D eigenvalue weighted by atomic mass is 16.5. The van der Waals surface area contributed by atoms with Gasteiger partial charge in [0, 0.05) is 6.42 Å². The second-order valence-corrected chi connectivity index (χ2v) is 7.30. The maximum atomic E-state index is 12.6. The summed E-state index contributed by atoms with van der Waals surface area (Å²) in [7, 11) is 1.67. The van der Waals surface area contributed by atoms with E-state index in [0.717, 1.165) is 43.7 Å². The minimum absolute atomic E-state index is 0.0959. The molecule has 2 atom stereocenters. The van der Waals surface area contributed by atoms with E-state index in [9.17, 15) is 4.79 Å².